The van der Waals surface area contributed by atoms with Crippen LogP contribution >= 0.6 is 11.8 Å². The van der Waals surface area contributed by atoms with Crippen molar-refractivity contribution in [3.8, 4) is 50.2 Å². The van der Waals surface area contributed by atoms with E-state index in [4.69, 9.17) is 0 Å². The standard InChI is InChI=1S/C42H29N3S/c1-3-11-41-38(9-1)39-10-2-4-12-42(39)45(41)36-15-13-31-26-46-27-35-19-28(14-16-37(35)40(31)23-36)32-20-33(29-7-5-17-43-24-29)22-34(21-32)30-8-6-18-44-25-30/h1-25H,26-27H2. The first kappa shape index (κ1) is 26.9. The lowest BCUT2D eigenvalue weighted by atomic mass is 9.90. The molecule has 0 spiro atoms. The summed E-state index contributed by atoms with van der Waals surface area (Å²) in [6.45, 7) is 0. The van der Waals surface area contributed by atoms with Crippen LogP contribution in [0.25, 0.3) is 72.0 Å². The Balaban J connectivity index is 1.18. The van der Waals surface area contributed by atoms with E-state index in [1.54, 1.807) is 0 Å². The van der Waals surface area contributed by atoms with Gasteiger partial charge in [-0.25, -0.2) is 0 Å². The number of hydrogen-bond donors (Lipinski definition) is 0. The monoisotopic (exact) mass is 607 g/mol. The van der Waals surface area contributed by atoms with Crippen LogP contribution in [0.1, 0.15) is 11.1 Å². The van der Waals surface area contributed by atoms with Crippen molar-refractivity contribution in [1.29, 1.82) is 0 Å². The van der Waals surface area contributed by atoms with Gasteiger partial charge in [0.05, 0.1) is 11.0 Å². The zero-order chi connectivity index (χ0) is 30.5. The van der Waals surface area contributed by atoms with Gasteiger partial charge < -0.3 is 4.57 Å². The fraction of sp³-hybridized carbons (Fsp3) is 0.0476. The molecule has 0 unspecified atom stereocenters. The highest BCUT2D eigenvalue weighted by Crippen LogP contribution is 2.41. The number of benzene rings is 5. The van der Waals surface area contributed by atoms with Gasteiger partial charge >= 0.3 is 0 Å². The predicted molar refractivity (Wildman–Crippen MR) is 193 cm³/mol. The van der Waals surface area contributed by atoms with Gasteiger partial charge in [0, 0.05) is 63.9 Å². The van der Waals surface area contributed by atoms with E-state index in [1.165, 1.54) is 60.9 Å². The van der Waals surface area contributed by atoms with Crippen LogP contribution in [-0.2, 0) is 11.5 Å². The van der Waals surface area contributed by atoms with Gasteiger partial charge in [0.15, 0.2) is 0 Å². The smallest absolute Gasteiger partial charge is 0.0541 e. The van der Waals surface area contributed by atoms with Crippen LogP contribution in [0.3, 0.4) is 0 Å². The van der Waals surface area contributed by atoms with Crippen LogP contribution in [0, 0.1) is 0 Å². The Bertz CT molecular complexity index is 2280. The molecule has 9 rings (SSSR count). The molecular formula is C42H29N3S. The van der Waals surface area contributed by atoms with Gasteiger partial charge in [-0.3, -0.25) is 9.97 Å². The minimum absolute atomic E-state index is 0.973. The highest BCUT2D eigenvalue weighted by atomic mass is 32.2. The summed E-state index contributed by atoms with van der Waals surface area (Å²) in [6, 6.07) is 46.6. The van der Waals surface area contributed by atoms with Crippen LogP contribution < -0.4 is 0 Å². The molecule has 1 aliphatic rings. The largest absolute Gasteiger partial charge is 0.309 e. The number of pyridine rings is 2. The summed E-state index contributed by atoms with van der Waals surface area (Å²) in [7, 11) is 0. The van der Waals surface area contributed by atoms with Crippen LogP contribution in [0.15, 0.2) is 152 Å². The summed E-state index contributed by atoms with van der Waals surface area (Å²) in [4.78, 5) is 8.79. The van der Waals surface area contributed by atoms with Crippen molar-refractivity contribution in [1.82, 2.24) is 14.5 Å². The lowest BCUT2D eigenvalue weighted by molar-refractivity contribution is 1.17. The molecule has 0 atom stereocenters. The Morgan fingerprint density at radius 2 is 1.07 bits per heavy atom. The van der Waals surface area contributed by atoms with E-state index >= 15 is 0 Å². The molecule has 0 bridgehead atoms. The first-order valence-corrected chi connectivity index (χ1v) is 16.7. The Labute approximate surface area is 272 Å². The highest BCUT2D eigenvalue weighted by Gasteiger charge is 2.19. The number of nitrogens with zero attached hydrogens (tertiary/aromatic N) is 3. The van der Waals surface area contributed by atoms with E-state index in [0.29, 0.717) is 0 Å². The van der Waals surface area contributed by atoms with Crippen molar-refractivity contribution in [2.24, 2.45) is 0 Å². The molecule has 3 aromatic heterocycles. The summed E-state index contributed by atoms with van der Waals surface area (Å²) in [5, 5.41) is 2.57. The molecule has 3 nitrogen and oxygen atoms in total. The minimum Gasteiger partial charge on any atom is -0.309 e. The zero-order valence-electron chi connectivity index (χ0n) is 25.1. The topological polar surface area (TPSA) is 30.7 Å². The number of aromatic nitrogens is 3. The maximum atomic E-state index is 4.40. The van der Waals surface area contributed by atoms with Crippen molar-refractivity contribution in [2.75, 3.05) is 0 Å². The van der Waals surface area contributed by atoms with E-state index in [9.17, 15) is 0 Å². The Kier molecular flexibility index (Phi) is 6.53. The molecule has 0 fully saturated rings. The van der Waals surface area contributed by atoms with Gasteiger partial charge in [0.1, 0.15) is 0 Å². The fourth-order valence-electron chi connectivity index (χ4n) is 6.90. The van der Waals surface area contributed by atoms with Gasteiger partial charge in [-0.2, -0.15) is 11.8 Å². The third kappa shape index (κ3) is 4.61. The van der Waals surface area contributed by atoms with Gasteiger partial charge in [0.25, 0.3) is 0 Å². The average Bonchev–Trinajstić information content (AvgIpc) is 3.35. The van der Waals surface area contributed by atoms with E-state index in [2.05, 4.69) is 130 Å². The van der Waals surface area contributed by atoms with Crippen molar-refractivity contribution in [3.63, 3.8) is 0 Å². The molecular weight excluding hydrogens is 579 g/mol. The maximum Gasteiger partial charge on any atom is 0.0541 e. The third-order valence-corrected chi connectivity index (χ3v) is 10.1. The summed E-state index contributed by atoms with van der Waals surface area (Å²) in [5.74, 6) is 1.97. The summed E-state index contributed by atoms with van der Waals surface area (Å²) in [5.41, 5.74) is 16.0. The molecule has 4 heterocycles. The fourth-order valence-corrected chi connectivity index (χ4v) is 7.93. The molecule has 0 radical (unpaired) electrons. The molecule has 0 saturated heterocycles. The Hall–Kier alpha value is -5.45. The van der Waals surface area contributed by atoms with Gasteiger partial charge in [-0.15, -0.1) is 0 Å². The summed E-state index contributed by atoms with van der Waals surface area (Å²) < 4.78 is 2.42. The second kappa shape index (κ2) is 11.2. The molecule has 0 saturated carbocycles. The molecule has 1 aliphatic heterocycles. The number of hydrogen-bond acceptors (Lipinski definition) is 3. The second-order valence-corrected chi connectivity index (χ2v) is 12.8. The molecule has 0 aliphatic carbocycles. The van der Waals surface area contributed by atoms with Crippen molar-refractivity contribution < 1.29 is 0 Å². The van der Waals surface area contributed by atoms with Crippen LogP contribution in [0.2, 0.25) is 0 Å². The number of thioether (sulfide) groups is 1. The maximum absolute atomic E-state index is 4.40. The number of para-hydroxylation sites is 2. The SMILES string of the molecule is c1cncc(-c2cc(-c3cccnc3)cc(-c3ccc4c(c3)CSCc3ccc(-n5c6ccccc6c6ccccc65)cc3-4)c2)c1. The van der Waals surface area contributed by atoms with E-state index in [1.807, 2.05) is 48.7 Å². The summed E-state index contributed by atoms with van der Waals surface area (Å²) in [6.07, 6.45) is 7.52. The van der Waals surface area contributed by atoms with Crippen LogP contribution in [0.5, 0.6) is 0 Å². The first-order chi connectivity index (χ1) is 22.8. The van der Waals surface area contributed by atoms with E-state index in [-0.39, 0.29) is 0 Å². The van der Waals surface area contributed by atoms with Crippen LogP contribution in [-0.4, -0.2) is 14.5 Å². The molecule has 46 heavy (non-hydrogen) atoms. The highest BCUT2D eigenvalue weighted by molar-refractivity contribution is 7.97. The van der Waals surface area contributed by atoms with Gasteiger partial charge in [-0.1, -0.05) is 66.7 Å². The van der Waals surface area contributed by atoms with Crippen molar-refractivity contribution in [2.45, 2.75) is 11.5 Å². The zero-order valence-corrected chi connectivity index (χ0v) is 25.9. The van der Waals surface area contributed by atoms with E-state index in [0.717, 1.165) is 33.8 Å². The quantitative estimate of drug-likeness (QED) is 0.199. The molecule has 0 N–H and O–H groups in total. The first-order valence-electron chi connectivity index (χ1n) is 15.6. The molecule has 4 heteroatoms. The minimum atomic E-state index is 0.973. The number of rotatable bonds is 4. The predicted octanol–water partition coefficient (Wildman–Crippen LogP) is 11.0. The summed E-state index contributed by atoms with van der Waals surface area (Å²) >= 11 is 1.99. The molecule has 218 valence electrons. The molecule has 5 aromatic carbocycles. The number of fused-ring (bicyclic) bond motifs is 6. The van der Waals surface area contributed by atoms with Gasteiger partial charge in [-0.05, 0) is 105 Å². The average molecular weight is 608 g/mol. The Morgan fingerprint density at radius 3 is 1.70 bits per heavy atom. The van der Waals surface area contributed by atoms with Crippen molar-refractivity contribution >= 4 is 33.6 Å². The lowest BCUT2D eigenvalue weighted by Gasteiger charge is -2.16. The normalized spacial score (nSPS) is 12.5. The third-order valence-electron chi connectivity index (χ3n) is 9.10. The Morgan fingerprint density at radius 1 is 0.457 bits per heavy atom. The van der Waals surface area contributed by atoms with Gasteiger partial charge in [0.2, 0.25) is 0 Å². The van der Waals surface area contributed by atoms with E-state index < -0.39 is 0 Å². The van der Waals surface area contributed by atoms with Crippen molar-refractivity contribution in [3.05, 3.63) is 163 Å². The second-order valence-electron chi connectivity index (χ2n) is 11.9. The molecule has 0 amide bonds. The molecule has 8 aromatic rings. The van der Waals surface area contributed by atoms with Crippen LogP contribution in [0.4, 0.5) is 0 Å². The lowest BCUT2D eigenvalue weighted by Crippen LogP contribution is -1.97.